The summed E-state index contributed by atoms with van der Waals surface area (Å²) in [4.78, 5) is 18.7. The molecule has 0 aliphatic heterocycles. The van der Waals surface area contributed by atoms with Gasteiger partial charge in [-0.25, -0.2) is 4.98 Å². The van der Waals surface area contributed by atoms with Crippen LogP contribution in [0.1, 0.15) is 16.7 Å². The number of hydrogen-bond donors (Lipinski definition) is 1. The van der Waals surface area contributed by atoms with Crippen LogP contribution in [0.3, 0.4) is 0 Å². The molecule has 0 saturated carbocycles. The molecule has 0 spiro atoms. The highest BCUT2D eigenvalue weighted by Crippen LogP contribution is 2.31. The van der Waals surface area contributed by atoms with Crippen LogP contribution in [0.4, 0.5) is 0 Å². The van der Waals surface area contributed by atoms with E-state index < -0.39 is 0 Å². The first-order valence-corrected chi connectivity index (χ1v) is 12.1. The van der Waals surface area contributed by atoms with Gasteiger partial charge in [-0.1, -0.05) is 60.2 Å². The van der Waals surface area contributed by atoms with Crippen LogP contribution in [-0.2, 0) is 13.1 Å². The molecule has 0 bridgehead atoms. The minimum Gasteiger partial charge on any atom is -0.497 e. The zero-order valence-electron chi connectivity index (χ0n) is 21.2. The first-order valence-electron chi connectivity index (χ1n) is 12.1. The summed E-state index contributed by atoms with van der Waals surface area (Å²) >= 11 is 0. The minimum absolute atomic E-state index is 0.0662. The van der Waals surface area contributed by atoms with Crippen LogP contribution >= 0.6 is 0 Å². The third kappa shape index (κ3) is 4.97. The van der Waals surface area contributed by atoms with E-state index in [9.17, 15) is 4.79 Å². The van der Waals surface area contributed by atoms with Gasteiger partial charge in [-0.15, -0.1) is 0 Å². The number of methoxy groups -OCH3 is 2. The summed E-state index contributed by atoms with van der Waals surface area (Å²) in [5, 5.41) is 0.610. The third-order valence-corrected chi connectivity index (χ3v) is 6.51. The molecule has 0 aliphatic carbocycles. The van der Waals surface area contributed by atoms with Crippen LogP contribution in [0.2, 0.25) is 0 Å². The lowest BCUT2D eigenvalue weighted by Gasteiger charge is -2.15. The molecule has 1 heterocycles. The summed E-state index contributed by atoms with van der Waals surface area (Å²) in [6, 6.07) is 27.6. The van der Waals surface area contributed by atoms with Gasteiger partial charge in [-0.3, -0.25) is 9.36 Å². The van der Waals surface area contributed by atoms with Crippen molar-refractivity contribution in [1.82, 2.24) is 9.55 Å². The van der Waals surface area contributed by atoms with Crippen molar-refractivity contribution in [2.75, 3.05) is 14.2 Å². The van der Waals surface area contributed by atoms with Gasteiger partial charge in [0.15, 0.2) is 0 Å². The Morgan fingerprint density at radius 1 is 0.784 bits per heavy atom. The molecule has 0 radical (unpaired) electrons. The van der Waals surface area contributed by atoms with E-state index in [0.717, 1.165) is 44.9 Å². The molecule has 5 aromatic rings. The lowest BCUT2D eigenvalue weighted by atomic mass is 10.0. The van der Waals surface area contributed by atoms with Crippen LogP contribution < -0.4 is 20.8 Å². The molecule has 37 heavy (non-hydrogen) atoms. The summed E-state index contributed by atoms with van der Waals surface area (Å²) in [7, 11) is 3.27. The Hall–Kier alpha value is -4.42. The monoisotopic (exact) mass is 491 g/mol. The van der Waals surface area contributed by atoms with Crippen molar-refractivity contribution in [3.63, 3.8) is 0 Å². The van der Waals surface area contributed by atoms with Gasteiger partial charge < -0.3 is 15.2 Å². The highest BCUT2D eigenvalue weighted by molar-refractivity contribution is 5.81. The van der Waals surface area contributed by atoms with Crippen molar-refractivity contribution < 1.29 is 9.47 Å². The van der Waals surface area contributed by atoms with Crippen LogP contribution in [0.5, 0.6) is 11.5 Å². The number of aromatic nitrogens is 2. The standard InChI is InChI=1S/C31H29N3O3/c1-20-7-12-29-28(13-20)31(35)34(19-22-6-4-5-21(14-22)18-32)30(33-29)24-10-8-23(9-11-24)25-15-26(36-2)17-27(16-25)37-3/h4-17H,18-19,32H2,1-3H3. The maximum Gasteiger partial charge on any atom is 0.261 e. The molecular formula is C31H29N3O3. The van der Waals surface area contributed by atoms with Crippen molar-refractivity contribution >= 4 is 10.9 Å². The van der Waals surface area contributed by atoms with Crippen LogP contribution in [0, 0.1) is 6.92 Å². The molecule has 186 valence electrons. The summed E-state index contributed by atoms with van der Waals surface area (Å²) in [5.74, 6) is 2.06. The highest BCUT2D eigenvalue weighted by Gasteiger charge is 2.15. The lowest BCUT2D eigenvalue weighted by molar-refractivity contribution is 0.394. The van der Waals surface area contributed by atoms with Crippen LogP contribution in [0.25, 0.3) is 33.4 Å². The largest absolute Gasteiger partial charge is 0.497 e. The molecule has 6 heteroatoms. The molecule has 2 N–H and O–H groups in total. The Morgan fingerprint density at radius 2 is 1.46 bits per heavy atom. The second kappa shape index (κ2) is 10.3. The first-order chi connectivity index (χ1) is 18.0. The van der Waals surface area contributed by atoms with Gasteiger partial charge in [0.1, 0.15) is 17.3 Å². The van der Waals surface area contributed by atoms with E-state index in [4.69, 9.17) is 20.2 Å². The van der Waals surface area contributed by atoms with Crippen LogP contribution in [-0.4, -0.2) is 23.8 Å². The first kappa shape index (κ1) is 24.3. The second-order valence-electron chi connectivity index (χ2n) is 9.05. The molecular weight excluding hydrogens is 462 g/mol. The summed E-state index contributed by atoms with van der Waals surface area (Å²) < 4.78 is 12.6. The van der Waals surface area contributed by atoms with Gasteiger partial charge in [-0.2, -0.15) is 0 Å². The van der Waals surface area contributed by atoms with Gasteiger partial charge in [0, 0.05) is 18.2 Å². The highest BCUT2D eigenvalue weighted by atomic mass is 16.5. The fourth-order valence-electron chi connectivity index (χ4n) is 4.53. The number of nitrogens with two attached hydrogens (primary N) is 1. The van der Waals surface area contributed by atoms with Crippen molar-refractivity contribution in [1.29, 1.82) is 0 Å². The number of benzene rings is 4. The van der Waals surface area contributed by atoms with E-state index in [1.54, 1.807) is 18.8 Å². The normalized spacial score (nSPS) is 11.0. The van der Waals surface area contributed by atoms with E-state index in [2.05, 4.69) is 0 Å². The fraction of sp³-hybridized carbons (Fsp3) is 0.161. The number of ether oxygens (including phenoxy) is 2. The summed E-state index contributed by atoms with van der Waals surface area (Å²) in [5.41, 5.74) is 12.3. The average Bonchev–Trinajstić information content (AvgIpc) is 2.94. The average molecular weight is 492 g/mol. The number of hydrogen-bond acceptors (Lipinski definition) is 5. The minimum atomic E-state index is -0.0662. The predicted octanol–water partition coefficient (Wildman–Crippen LogP) is 5.56. The molecule has 0 atom stereocenters. The fourth-order valence-corrected chi connectivity index (χ4v) is 4.53. The number of fused-ring (bicyclic) bond motifs is 1. The van der Waals surface area contributed by atoms with E-state index in [1.165, 1.54) is 0 Å². The molecule has 0 unspecified atom stereocenters. The Morgan fingerprint density at radius 3 is 2.14 bits per heavy atom. The van der Waals surface area contributed by atoms with E-state index in [1.807, 2.05) is 91.9 Å². The van der Waals surface area contributed by atoms with Crippen molar-refractivity contribution in [2.45, 2.75) is 20.0 Å². The zero-order valence-corrected chi connectivity index (χ0v) is 21.2. The van der Waals surface area contributed by atoms with Gasteiger partial charge in [-0.05, 0) is 53.4 Å². The van der Waals surface area contributed by atoms with Crippen molar-refractivity contribution in [3.8, 4) is 34.0 Å². The Kier molecular flexibility index (Phi) is 6.75. The molecule has 4 aromatic carbocycles. The van der Waals surface area contributed by atoms with Gasteiger partial charge in [0.25, 0.3) is 5.56 Å². The maximum absolute atomic E-state index is 13.7. The van der Waals surface area contributed by atoms with Gasteiger partial charge in [0.05, 0.1) is 31.7 Å². The Balaban J connectivity index is 1.63. The molecule has 6 nitrogen and oxygen atoms in total. The quantitative estimate of drug-likeness (QED) is 0.322. The summed E-state index contributed by atoms with van der Waals surface area (Å²) in [6.45, 7) is 2.82. The van der Waals surface area contributed by atoms with E-state index >= 15 is 0 Å². The van der Waals surface area contributed by atoms with Crippen LogP contribution in [0.15, 0.2) is 89.7 Å². The number of nitrogens with zero attached hydrogens (tertiary/aromatic N) is 2. The van der Waals surface area contributed by atoms with Gasteiger partial charge in [0.2, 0.25) is 0 Å². The maximum atomic E-state index is 13.7. The topological polar surface area (TPSA) is 79.4 Å². The lowest BCUT2D eigenvalue weighted by Crippen LogP contribution is -2.24. The number of aryl methyl sites for hydroxylation is 1. The SMILES string of the molecule is COc1cc(OC)cc(-c2ccc(-c3nc4ccc(C)cc4c(=O)n3Cc3cccc(CN)c3)cc2)c1. The van der Waals surface area contributed by atoms with E-state index in [0.29, 0.717) is 29.8 Å². The van der Waals surface area contributed by atoms with Gasteiger partial charge >= 0.3 is 0 Å². The second-order valence-corrected chi connectivity index (χ2v) is 9.05. The summed E-state index contributed by atoms with van der Waals surface area (Å²) in [6.07, 6.45) is 0. The number of rotatable bonds is 7. The van der Waals surface area contributed by atoms with E-state index in [-0.39, 0.29) is 5.56 Å². The Bertz CT molecular complexity index is 1620. The van der Waals surface area contributed by atoms with Crippen molar-refractivity contribution in [2.24, 2.45) is 5.73 Å². The Labute approximate surface area is 215 Å². The molecule has 0 fully saturated rings. The molecule has 1 aromatic heterocycles. The third-order valence-electron chi connectivity index (χ3n) is 6.51. The predicted molar refractivity (Wildman–Crippen MR) is 148 cm³/mol. The molecule has 0 saturated heterocycles. The van der Waals surface area contributed by atoms with Crippen molar-refractivity contribution in [3.05, 3.63) is 112 Å². The zero-order chi connectivity index (χ0) is 25.9. The molecule has 5 rings (SSSR count). The molecule has 0 aliphatic rings. The smallest absolute Gasteiger partial charge is 0.261 e. The molecule has 0 amide bonds.